The smallest absolute Gasteiger partial charge is 0.332 e. The second-order valence-corrected chi connectivity index (χ2v) is 4.17. The number of aliphatic hydroxyl groups is 1. The van der Waals surface area contributed by atoms with Gasteiger partial charge in [-0.25, -0.2) is 9.59 Å². The Labute approximate surface area is 121 Å². The number of aliphatic hydroxyl groups excluding tert-OH is 1. The molecule has 0 fully saturated rings. The van der Waals surface area contributed by atoms with E-state index in [1.165, 1.54) is 0 Å². The zero-order valence-electron chi connectivity index (χ0n) is 11.2. The normalized spacial score (nSPS) is 11.3. The topological polar surface area (TPSA) is 128 Å². The first-order valence-electron chi connectivity index (χ1n) is 6.26. The van der Waals surface area contributed by atoms with Crippen LogP contribution in [0.2, 0.25) is 0 Å². The van der Waals surface area contributed by atoms with Gasteiger partial charge in [-0.2, -0.15) is 0 Å². The SMILES string of the molecule is O=C(CNC(=O)Nc1ccccc1)NCCC(O)C(=O)O. The first-order valence-corrected chi connectivity index (χ1v) is 6.26. The maximum absolute atomic E-state index is 11.5. The number of carboxylic acids is 1. The minimum Gasteiger partial charge on any atom is -0.479 e. The van der Waals surface area contributed by atoms with E-state index in [0.29, 0.717) is 5.69 Å². The Morgan fingerprint density at radius 1 is 1.10 bits per heavy atom. The molecule has 0 aliphatic carbocycles. The predicted molar refractivity (Wildman–Crippen MR) is 74.7 cm³/mol. The lowest BCUT2D eigenvalue weighted by Crippen LogP contribution is -2.40. The van der Waals surface area contributed by atoms with Gasteiger partial charge in [0.1, 0.15) is 0 Å². The van der Waals surface area contributed by atoms with Gasteiger partial charge in [-0.3, -0.25) is 4.79 Å². The molecule has 0 aliphatic heterocycles. The number of urea groups is 1. The van der Waals surface area contributed by atoms with Gasteiger partial charge in [0.2, 0.25) is 5.91 Å². The molecular weight excluding hydrogens is 278 g/mol. The minimum atomic E-state index is -1.51. The average Bonchev–Trinajstić information content (AvgIpc) is 2.46. The number of benzene rings is 1. The van der Waals surface area contributed by atoms with Gasteiger partial charge in [0, 0.05) is 18.7 Å². The summed E-state index contributed by atoms with van der Waals surface area (Å²) in [5.74, 6) is -1.82. The third-order valence-electron chi connectivity index (χ3n) is 2.47. The van der Waals surface area contributed by atoms with Gasteiger partial charge in [0.15, 0.2) is 6.10 Å². The van der Waals surface area contributed by atoms with Crippen LogP contribution in [0.3, 0.4) is 0 Å². The summed E-state index contributed by atoms with van der Waals surface area (Å²) in [6, 6.07) is 8.20. The third kappa shape index (κ3) is 6.92. The van der Waals surface area contributed by atoms with Gasteiger partial charge in [-0.15, -0.1) is 0 Å². The molecule has 0 spiro atoms. The van der Waals surface area contributed by atoms with Crippen LogP contribution < -0.4 is 16.0 Å². The van der Waals surface area contributed by atoms with Crippen LogP contribution in [0.25, 0.3) is 0 Å². The molecule has 0 saturated carbocycles. The Kier molecular flexibility index (Phi) is 6.69. The lowest BCUT2D eigenvalue weighted by molar-refractivity contribution is -0.147. The first-order chi connectivity index (χ1) is 9.99. The molecule has 1 unspecified atom stereocenters. The summed E-state index contributed by atoms with van der Waals surface area (Å²) in [5.41, 5.74) is 0.597. The summed E-state index contributed by atoms with van der Waals surface area (Å²) in [5, 5.41) is 24.7. The van der Waals surface area contributed by atoms with Crippen molar-refractivity contribution in [3.63, 3.8) is 0 Å². The second-order valence-electron chi connectivity index (χ2n) is 4.17. The van der Waals surface area contributed by atoms with Crippen molar-refractivity contribution < 1.29 is 24.6 Å². The van der Waals surface area contributed by atoms with E-state index in [1.54, 1.807) is 24.3 Å². The zero-order chi connectivity index (χ0) is 15.7. The molecule has 1 rings (SSSR count). The Balaban J connectivity index is 2.18. The van der Waals surface area contributed by atoms with E-state index in [0.717, 1.165) is 0 Å². The number of rotatable bonds is 7. The Bertz CT molecular complexity index is 492. The molecule has 1 aromatic carbocycles. The molecule has 1 atom stereocenters. The molecule has 114 valence electrons. The second kappa shape index (κ2) is 8.54. The molecule has 3 amide bonds. The van der Waals surface area contributed by atoms with Gasteiger partial charge >= 0.3 is 12.0 Å². The van der Waals surface area contributed by atoms with Crippen LogP contribution in [0.1, 0.15) is 6.42 Å². The number of hydrogen-bond acceptors (Lipinski definition) is 4. The highest BCUT2D eigenvalue weighted by molar-refractivity contribution is 5.92. The van der Waals surface area contributed by atoms with Crippen molar-refractivity contribution in [2.75, 3.05) is 18.4 Å². The van der Waals surface area contributed by atoms with Crippen LogP contribution in [0.4, 0.5) is 10.5 Å². The van der Waals surface area contributed by atoms with Crippen molar-refractivity contribution in [2.45, 2.75) is 12.5 Å². The number of amides is 3. The fourth-order valence-corrected chi connectivity index (χ4v) is 1.39. The minimum absolute atomic E-state index is 0.00822. The van der Waals surface area contributed by atoms with Crippen molar-refractivity contribution in [3.8, 4) is 0 Å². The van der Waals surface area contributed by atoms with E-state index in [9.17, 15) is 14.4 Å². The van der Waals surface area contributed by atoms with E-state index in [2.05, 4.69) is 16.0 Å². The standard InChI is InChI=1S/C13H17N3O5/c17-10(12(19)20)6-7-14-11(18)8-15-13(21)16-9-4-2-1-3-5-9/h1-5,10,17H,6-8H2,(H,14,18)(H,19,20)(H2,15,16,21). The van der Waals surface area contributed by atoms with Gasteiger partial charge in [0.05, 0.1) is 6.54 Å². The lowest BCUT2D eigenvalue weighted by atomic mass is 10.2. The molecule has 0 aliphatic rings. The summed E-state index contributed by atoms with van der Waals surface area (Å²) < 4.78 is 0. The summed E-state index contributed by atoms with van der Waals surface area (Å²) in [6.45, 7) is -0.240. The van der Waals surface area contributed by atoms with Gasteiger partial charge in [-0.1, -0.05) is 18.2 Å². The number of aliphatic carboxylic acids is 1. The Morgan fingerprint density at radius 3 is 2.38 bits per heavy atom. The highest BCUT2D eigenvalue weighted by atomic mass is 16.4. The van der Waals surface area contributed by atoms with Crippen LogP contribution >= 0.6 is 0 Å². The van der Waals surface area contributed by atoms with Crippen LogP contribution in [0.5, 0.6) is 0 Å². The summed E-state index contributed by atoms with van der Waals surface area (Å²) in [7, 11) is 0. The molecule has 21 heavy (non-hydrogen) atoms. The van der Waals surface area contributed by atoms with Crippen molar-refractivity contribution in [1.29, 1.82) is 0 Å². The van der Waals surface area contributed by atoms with Crippen molar-refractivity contribution in [2.24, 2.45) is 0 Å². The molecule has 0 radical (unpaired) electrons. The van der Waals surface area contributed by atoms with Gasteiger partial charge in [0.25, 0.3) is 0 Å². The number of para-hydroxylation sites is 1. The number of carboxylic acid groups (broad SMARTS) is 1. The van der Waals surface area contributed by atoms with Crippen molar-refractivity contribution in [3.05, 3.63) is 30.3 Å². The molecule has 8 heteroatoms. The summed E-state index contributed by atoms with van der Waals surface area (Å²) in [4.78, 5) is 33.2. The highest BCUT2D eigenvalue weighted by Crippen LogP contribution is 2.03. The van der Waals surface area contributed by atoms with Crippen molar-refractivity contribution >= 4 is 23.6 Å². The predicted octanol–water partition coefficient (Wildman–Crippen LogP) is -0.240. The highest BCUT2D eigenvalue weighted by Gasteiger charge is 2.13. The number of anilines is 1. The molecular formula is C13H17N3O5. The van der Waals surface area contributed by atoms with E-state index in [1.807, 2.05) is 6.07 Å². The van der Waals surface area contributed by atoms with Gasteiger partial charge in [-0.05, 0) is 12.1 Å². The summed E-state index contributed by atoms with van der Waals surface area (Å²) in [6.07, 6.45) is -1.61. The molecule has 0 bridgehead atoms. The molecule has 0 aromatic heterocycles. The number of nitrogens with one attached hydrogen (secondary N) is 3. The number of carbonyl (C=O) groups excluding carboxylic acids is 2. The lowest BCUT2D eigenvalue weighted by Gasteiger charge is -2.09. The largest absolute Gasteiger partial charge is 0.479 e. The fraction of sp³-hybridized carbons (Fsp3) is 0.308. The number of hydrogen-bond donors (Lipinski definition) is 5. The molecule has 5 N–H and O–H groups in total. The molecule has 0 heterocycles. The monoisotopic (exact) mass is 295 g/mol. The van der Waals surface area contributed by atoms with E-state index in [-0.39, 0.29) is 19.5 Å². The maximum Gasteiger partial charge on any atom is 0.332 e. The van der Waals surface area contributed by atoms with Crippen LogP contribution in [-0.2, 0) is 9.59 Å². The quantitative estimate of drug-likeness (QED) is 0.474. The van der Waals surface area contributed by atoms with E-state index < -0.39 is 24.0 Å². The van der Waals surface area contributed by atoms with E-state index >= 15 is 0 Å². The van der Waals surface area contributed by atoms with Crippen LogP contribution in [0, 0.1) is 0 Å². The van der Waals surface area contributed by atoms with Crippen molar-refractivity contribution in [1.82, 2.24) is 10.6 Å². The first kappa shape index (κ1) is 16.4. The fourth-order valence-electron chi connectivity index (χ4n) is 1.39. The van der Waals surface area contributed by atoms with Gasteiger partial charge < -0.3 is 26.2 Å². The maximum atomic E-state index is 11.5. The molecule has 0 saturated heterocycles. The molecule has 8 nitrogen and oxygen atoms in total. The third-order valence-corrected chi connectivity index (χ3v) is 2.47. The Hall–Kier alpha value is -2.61. The average molecular weight is 295 g/mol. The van der Waals surface area contributed by atoms with Crippen LogP contribution in [-0.4, -0.2) is 47.3 Å². The summed E-state index contributed by atoms with van der Waals surface area (Å²) >= 11 is 0. The zero-order valence-corrected chi connectivity index (χ0v) is 11.2. The Morgan fingerprint density at radius 2 is 1.76 bits per heavy atom. The van der Waals surface area contributed by atoms with Crippen LogP contribution in [0.15, 0.2) is 30.3 Å². The molecule has 1 aromatic rings. The van der Waals surface area contributed by atoms with E-state index in [4.69, 9.17) is 10.2 Å². The number of carbonyl (C=O) groups is 3.